The first-order valence-corrected chi connectivity index (χ1v) is 8.74. The molecule has 2 rings (SSSR count). The maximum absolute atomic E-state index is 13.5. The van der Waals surface area contributed by atoms with Gasteiger partial charge in [0.1, 0.15) is 5.60 Å². The molecule has 3 amide bonds. The molecule has 0 saturated carbocycles. The van der Waals surface area contributed by atoms with Crippen molar-refractivity contribution in [2.45, 2.75) is 26.4 Å². The average Bonchev–Trinajstić information content (AvgIpc) is 2.64. The number of halogens is 2. The summed E-state index contributed by atoms with van der Waals surface area (Å²) in [4.78, 5) is 35.7. The average molecular weight is 421 g/mol. The fourth-order valence-corrected chi connectivity index (χ4v) is 2.27. The van der Waals surface area contributed by atoms with E-state index in [0.717, 1.165) is 7.11 Å². The van der Waals surface area contributed by atoms with Gasteiger partial charge >= 0.3 is 18.1 Å². The van der Waals surface area contributed by atoms with E-state index in [1.165, 1.54) is 24.3 Å². The summed E-state index contributed by atoms with van der Waals surface area (Å²) in [6.45, 7) is 5.20. The summed E-state index contributed by atoms with van der Waals surface area (Å²) in [6.07, 6.45) is -0.630. The molecule has 8 nitrogen and oxygen atoms in total. The van der Waals surface area contributed by atoms with E-state index >= 15 is 0 Å². The lowest BCUT2D eigenvalue weighted by Gasteiger charge is -2.19. The van der Waals surface area contributed by atoms with Crippen LogP contribution in [0.15, 0.2) is 36.4 Å². The van der Waals surface area contributed by atoms with Crippen molar-refractivity contribution in [2.24, 2.45) is 0 Å². The number of anilines is 3. The van der Waals surface area contributed by atoms with Crippen LogP contribution in [0.25, 0.3) is 0 Å². The monoisotopic (exact) mass is 421 g/mol. The molecule has 0 atom stereocenters. The van der Waals surface area contributed by atoms with Gasteiger partial charge in [0, 0.05) is 17.4 Å². The summed E-state index contributed by atoms with van der Waals surface area (Å²) in [6, 6.07) is 6.55. The summed E-state index contributed by atoms with van der Waals surface area (Å²) in [5.74, 6) is -3.44. The van der Waals surface area contributed by atoms with Crippen LogP contribution in [-0.2, 0) is 9.47 Å². The van der Waals surface area contributed by atoms with Gasteiger partial charge in [-0.25, -0.2) is 23.2 Å². The van der Waals surface area contributed by atoms with E-state index in [0.29, 0.717) is 23.5 Å². The minimum atomic E-state index is -1.26. The van der Waals surface area contributed by atoms with E-state index in [1.807, 2.05) is 0 Å². The lowest BCUT2D eigenvalue weighted by Crippen LogP contribution is -2.27. The van der Waals surface area contributed by atoms with Gasteiger partial charge in [0.15, 0.2) is 11.6 Å². The summed E-state index contributed by atoms with van der Waals surface area (Å²) >= 11 is 0. The lowest BCUT2D eigenvalue weighted by atomic mass is 10.1. The first-order valence-electron chi connectivity index (χ1n) is 8.74. The van der Waals surface area contributed by atoms with Crippen LogP contribution in [0.3, 0.4) is 0 Å². The second-order valence-corrected chi connectivity index (χ2v) is 7.09. The minimum absolute atomic E-state index is 0.263. The van der Waals surface area contributed by atoms with Crippen molar-refractivity contribution >= 4 is 35.2 Å². The van der Waals surface area contributed by atoms with E-state index < -0.39 is 35.3 Å². The molecule has 2 aromatic carbocycles. The van der Waals surface area contributed by atoms with Crippen LogP contribution in [0.5, 0.6) is 0 Å². The highest BCUT2D eigenvalue weighted by molar-refractivity contribution is 6.05. The van der Waals surface area contributed by atoms with E-state index in [9.17, 15) is 23.2 Å². The Morgan fingerprint density at radius 2 is 1.40 bits per heavy atom. The van der Waals surface area contributed by atoms with Crippen LogP contribution in [-0.4, -0.2) is 30.8 Å². The van der Waals surface area contributed by atoms with E-state index in [-0.39, 0.29) is 11.3 Å². The molecule has 0 saturated heterocycles. The summed E-state index contributed by atoms with van der Waals surface area (Å²) < 4.78 is 36.6. The third kappa shape index (κ3) is 6.43. The molecular formula is C20H21F2N3O5. The first-order chi connectivity index (χ1) is 14.0. The van der Waals surface area contributed by atoms with Gasteiger partial charge in [-0.3, -0.25) is 5.32 Å². The molecule has 0 unspecified atom stereocenters. The molecule has 30 heavy (non-hydrogen) atoms. The number of esters is 1. The Morgan fingerprint density at radius 1 is 0.867 bits per heavy atom. The zero-order valence-corrected chi connectivity index (χ0v) is 16.8. The van der Waals surface area contributed by atoms with Crippen molar-refractivity contribution in [2.75, 3.05) is 23.1 Å². The molecule has 160 valence electrons. The van der Waals surface area contributed by atoms with Crippen molar-refractivity contribution < 1.29 is 32.6 Å². The van der Waals surface area contributed by atoms with Gasteiger partial charge in [-0.2, -0.15) is 0 Å². The molecule has 0 fully saturated rings. The molecule has 0 aliphatic carbocycles. The largest absolute Gasteiger partial charge is 0.465 e. The molecule has 0 aliphatic heterocycles. The number of amides is 3. The van der Waals surface area contributed by atoms with Gasteiger partial charge in [-0.05, 0) is 51.1 Å². The van der Waals surface area contributed by atoms with Gasteiger partial charge in [0.25, 0.3) is 0 Å². The summed E-state index contributed by atoms with van der Waals surface area (Å²) in [5.41, 5.74) is -0.481. The number of rotatable bonds is 4. The topological polar surface area (TPSA) is 106 Å². The fourth-order valence-electron chi connectivity index (χ4n) is 2.27. The van der Waals surface area contributed by atoms with Crippen molar-refractivity contribution in [1.29, 1.82) is 0 Å². The second kappa shape index (κ2) is 9.21. The number of hydrogen-bond acceptors (Lipinski definition) is 5. The van der Waals surface area contributed by atoms with Crippen LogP contribution in [0.1, 0.15) is 31.1 Å². The second-order valence-electron chi connectivity index (χ2n) is 7.09. The zero-order valence-electron chi connectivity index (χ0n) is 16.8. The third-order valence-electron chi connectivity index (χ3n) is 3.50. The summed E-state index contributed by atoms with van der Waals surface area (Å²) in [5, 5.41) is 7.27. The molecule has 0 aliphatic rings. The molecule has 0 spiro atoms. The van der Waals surface area contributed by atoms with E-state index in [1.54, 1.807) is 20.8 Å². The number of hydrogen-bond donors (Lipinski definition) is 3. The number of methoxy groups -OCH3 is 1. The lowest BCUT2D eigenvalue weighted by molar-refractivity contribution is 0.0598. The number of carbonyl (C=O) groups excluding carboxylic acids is 3. The van der Waals surface area contributed by atoms with Gasteiger partial charge in [0.05, 0.1) is 18.4 Å². The summed E-state index contributed by atoms with van der Waals surface area (Å²) in [7, 11) is 1.07. The van der Waals surface area contributed by atoms with E-state index in [2.05, 4.69) is 20.7 Å². The predicted octanol–water partition coefficient (Wildman–Crippen LogP) is 4.74. The first kappa shape index (κ1) is 22.6. The molecule has 2 aromatic rings. The molecule has 3 N–H and O–H groups in total. The van der Waals surface area contributed by atoms with E-state index in [4.69, 9.17) is 4.74 Å². The quantitative estimate of drug-likeness (QED) is 0.618. The Kier molecular flexibility index (Phi) is 6.93. The smallest absolute Gasteiger partial charge is 0.412 e. The number of urea groups is 1. The Labute approximate surface area is 171 Å². The highest BCUT2D eigenvalue weighted by Gasteiger charge is 2.19. The minimum Gasteiger partial charge on any atom is -0.465 e. The number of ether oxygens (including phenoxy) is 2. The Balaban J connectivity index is 2.04. The Bertz CT molecular complexity index is 956. The molecule has 0 aromatic heterocycles. The van der Waals surface area contributed by atoms with Crippen LogP contribution in [0.4, 0.5) is 35.4 Å². The molecule has 10 heteroatoms. The van der Waals surface area contributed by atoms with Gasteiger partial charge in [0.2, 0.25) is 0 Å². The Morgan fingerprint density at radius 3 is 1.93 bits per heavy atom. The highest BCUT2D eigenvalue weighted by atomic mass is 19.2. The number of carbonyl (C=O) groups is 3. The standard InChI is InChI=1S/C20H21F2N3O5/c1-20(2,3)30-19(28)24-12-7-5-11(6-8-12)23-18(27)25-16-10-15(22)14(21)9-13(16)17(26)29-4/h5-10H,1-4H3,(H,24,28)(H2,23,25,27). The SMILES string of the molecule is COC(=O)c1cc(F)c(F)cc1NC(=O)Nc1ccc(NC(=O)OC(C)(C)C)cc1. The van der Waals surface area contributed by atoms with Gasteiger partial charge in [-0.15, -0.1) is 0 Å². The third-order valence-corrected chi connectivity index (χ3v) is 3.50. The van der Waals surface area contributed by atoms with Gasteiger partial charge < -0.3 is 20.1 Å². The maximum atomic E-state index is 13.5. The molecule has 0 bridgehead atoms. The molecule has 0 heterocycles. The van der Waals surface area contributed by atoms with Crippen LogP contribution in [0.2, 0.25) is 0 Å². The van der Waals surface area contributed by atoms with Crippen LogP contribution >= 0.6 is 0 Å². The zero-order chi connectivity index (χ0) is 22.5. The van der Waals surface area contributed by atoms with Crippen LogP contribution in [0, 0.1) is 11.6 Å². The fraction of sp³-hybridized carbons (Fsp3) is 0.250. The van der Waals surface area contributed by atoms with Crippen molar-refractivity contribution in [1.82, 2.24) is 0 Å². The van der Waals surface area contributed by atoms with Crippen molar-refractivity contribution in [3.05, 3.63) is 53.6 Å². The van der Waals surface area contributed by atoms with Crippen molar-refractivity contribution in [3.8, 4) is 0 Å². The molecule has 0 radical (unpaired) electrons. The Hall–Kier alpha value is -3.69. The predicted molar refractivity (Wildman–Crippen MR) is 107 cm³/mol. The highest BCUT2D eigenvalue weighted by Crippen LogP contribution is 2.22. The maximum Gasteiger partial charge on any atom is 0.412 e. The van der Waals surface area contributed by atoms with Gasteiger partial charge in [-0.1, -0.05) is 0 Å². The van der Waals surface area contributed by atoms with Crippen molar-refractivity contribution in [3.63, 3.8) is 0 Å². The normalized spacial score (nSPS) is 10.7. The molecular weight excluding hydrogens is 400 g/mol. The number of benzene rings is 2. The van der Waals surface area contributed by atoms with Crippen LogP contribution < -0.4 is 16.0 Å². The number of nitrogens with one attached hydrogen (secondary N) is 3.